The Morgan fingerprint density at radius 3 is 2.39 bits per heavy atom. The van der Waals surface area contributed by atoms with Gasteiger partial charge in [-0.05, 0) is 69.0 Å². The second-order valence-electron chi connectivity index (χ2n) is 10.3. The molecule has 0 atom stereocenters. The van der Waals surface area contributed by atoms with Crippen molar-refractivity contribution in [2.24, 2.45) is 5.41 Å². The average molecular weight is 450 g/mol. The maximum absolute atomic E-state index is 12.8. The first kappa shape index (κ1) is 24.2. The van der Waals surface area contributed by atoms with Crippen molar-refractivity contribution in [3.05, 3.63) is 65.0 Å². The van der Waals surface area contributed by atoms with Crippen LogP contribution in [0.3, 0.4) is 0 Å². The fraction of sp³-hybridized carbons (Fsp3) is 0.385. The molecule has 7 nitrogen and oxygen atoms in total. The zero-order valence-corrected chi connectivity index (χ0v) is 20.3. The maximum atomic E-state index is 12.8. The number of aromatic nitrogens is 2. The number of aryl methyl sites for hydroxylation is 1. The molecule has 0 radical (unpaired) electrons. The molecule has 3 aromatic rings. The van der Waals surface area contributed by atoms with E-state index in [1.165, 1.54) is 0 Å². The highest BCUT2D eigenvalue weighted by Gasteiger charge is 2.20. The molecule has 0 fully saturated rings. The van der Waals surface area contributed by atoms with Gasteiger partial charge in [0.1, 0.15) is 5.60 Å². The van der Waals surface area contributed by atoms with Gasteiger partial charge in [-0.25, -0.2) is 4.79 Å². The molecule has 0 bridgehead atoms. The molecule has 33 heavy (non-hydrogen) atoms. The molecule has 0 aliphatic rings. The first-order valence-electron chi connectivity index (χ1n) is 10.9. The van der Waals surface area contributed by atoms with E-state index in [4.69, 9.17) is 9.26 Å². The van der Waals surface area contributed by atoms with Crippen molar-refractivity contribution in [2.75, 3.05) is 5.32 Å². The largest absolute Gasteiger partial charge is 0.456 e. The summed E-state index contributed by atoms with van der Waals surface area (Å²) >= 11 is 0. The normalized spacial score (nSPS) is 11.8. The van der Waals surface area contributed by atoms with Crippen LogP contribution in [0.1, 0.15) is 73.7 Å². The molecule has 174 valence electrons. The second kappa shape index (κ2) is 9.17. The summed E-state index contributed by atoms with van der Waals surface area (Å²) in [4.78, 5) is 29.7. The summed E-state index contributed by atoms with van der Waals surface area (Å²) in [6.07, 6.45) is 0.665. The Bertz CT molecular complexity index is 1170. The Hall–Kier alpha value is -3.48. The van der Waals surface area contributed by atoms with E-state index in [1.807, 2.05) is 26.8 Å². The second-order valence-corrected chi connectivity index (χ2v) is 10.3. The molecule has 0 unspecified atom stereocenters. The highest BCUT2D eigenvalue weighted by atomic mass is 16.6. The van der Waals surface area contributed by atoms with Crippen molar-refractivity contribution in [1.82, 2.24) is 10.1 Å². The van der Waals surface area contributed by atoms with Crippen molar-refractivity contribution in [2.45, 2.75) is 60.5 Å². The van der Waals surface area contributed by atoms with Gasteiger partial charge >= 0.3 is 5.97 Å². The van der Waals surface area contributed by atoms with Crippen LogP contribution in [0.4, 0.5) is 5.69 Å². The number of ether oxygens (including phenoxy) is 1. The molecule has 1 N–H and O–H groups in total. The molecule has 0 spiro atoms. The highest BCUT2D eigenvalue weighted by Crippen LogP contribution is 2.24. The summed E-state index contributed by atoms with van der Waals surface area (Å²) in [6.45, 7) is 13.6. The van der Waals surface area contributed by atoms with E-state index in [-0.39, 0.29) is 11.3 Å². The number of carbonyl (C=O) groups excluding carboxylic acids is 2. The number of hydrogen-bond donors (Lipinski definition) is 1. The first-order valence-corrected chi connectivity index (χ1v) is 10.9. The van der Waals surface area contributed by atoms with Crippen molar-refractivity contribution >= 4 is 17.6 Å². The van der Waals surface area contributed by atoms with Crippen LogP contribution >= 0.6 is 0 Å². The third-order valence-electron chi connectivity index (χ3n) is 4.64. The van der Waals surface area contributed by atoms with Crippen LogP contribution in [0.25, 0.3) is 11.4 Å². The minimum atomic E-state index is -0.576. The van der Waals surface area contributed by atoms with Crippen molar-refractivity contribution in [1.29, 1.82) is 0 Å². The summed E-state index contributed by atoms with van der Waals surface area (Å²) in [5, 5.41) is 6.93. The van der Waals surface area contributed by atoms with E-state index in [0.717, 1.165) is 0 Å². The van der Waals surface area contributed by atoms with Crippen LogP contribution < -0.4 is 5.32 Å². The lowest BCUT2D eigenvalue weighted by Gasteiger charge is -2.20. The summed E-state index contributed by atoms with van der Waals surface area (Å²) in [5.41, 5.74) is 2.38. The third-order valence-corrected chi connectivity index (χ3v) is 4.64. The zero-order chi connectivity index (χ0) is 24.4. The van der Waals surface area contributed by atoms with Gasteiger partial charge in [-0.2, -0.15) is 4.98 Å². The fourth-order valence-corrected chi connectivity index (χ4v) is 3.20. The lowest BCUT2D eigenvalue weighted by molar-refractivity contribution is 0.00687. The van der Waals surface area contributed by atoms with Gasteiger partial charge in [-0.15, -0.1) is 0 Å². The van der Waals surface area contributed by atoms with Gasteiger partial charge in [0.15, 0.2) is 0 Å². The minimum Gasteiger partial charge on any atom is -0.456 e. The summed E-state index contributed by atoms with van der Waals surface area (Å²) in [7, 11) is 0. The van der Waals surface area contributed by atoms with Crippen LogP contribution in [-0.2, 0) is 11.2 Å². The SMILES string of the molecule is Cc1cc(NC(=O)c2cccc(-c3noc(CC(C)(C)C)n3)c2)ccc1C(=O)OC(C)(C)C. The number of carbonyl (C=O) groups is 2. The molecular formula is C26H31N3O4. The lowest BCUT2D eigenvalue weighted by Crippen LogP contribution is -2.24. The standard InChI is InChI=1S/C26H31N3O4/c1-16-13-19(11-12-20(16)24(31)32-26(5,6)7)27-23(30)18-10-8-9-17(14-18)22-28-21(33-29-22)15-25(2,3)4/h8-14H,15H2,1-7H3,(H,27,30). The number of nitrogens with zero attached hydrogens (tertiary/aromatic N) is 2. The molecule has 1 amide bonds. The van der Waals surface area contributed by atoms with Gasteiger partial charge < -0.3 is 14.6 Å². The molecule has 0 saturated heterocycles. The molecule has 0 aliphatic heterocycles. The summed E-state index contributed by atoms with van der Waals surface area (Å²) < 4.78 is 10.8. The summed E-state index contributed by atoms with van der Waals surface area (Å²) in [5.74, 6) is 0.338. The molecule has 0 saturated carbocycles. The van der Waals surface area contributed by atoms with Crippen molar-refractivity contribution < 1.29 is 18.8 Å². The van der Waals surface area contributed by atoms with E-state index < -0.39 is 11.6 Å². The van der Waals surface area contributed by atoms with E-state index >= 15 is 0 Å². The van der Waals surface area contributed by atoms with Crippen LogP contribution in [0.15, 0.2) is 47.0 Å². The van der Waals surface area contributed by atoms with Crippen LogP contribution in [-0.4, -0.2) is 27.6 Å². The highest BCUT2D eigenvalue weighted by molar-refractivity contribution is 6.05. The molecular weight excluding hydrogens is 418 g/mol. The molecule has 0 aliphatic carbocycles. The van der Waals surface area contributed by atoms with Gasteiger partial charge in [0.2, 0.25) is 11.7 Å². The maximum Gasteiger partial charge on any atom is 0.338 e. The number of rotatable bonds is 5. The molecule has 7 heteroatoms. The van der Waals surface area contributed by atoms with E-state index in [2.05, 4.69) is 36.2 Å². The molecule has 1 aromatic heterocycles. The molecule has 1 heterocycles. The average Bonchev–Trinajstić information content (AvgIpc) is 3.13. The predicted molar refractivity (Wildman–Crippen MR) is 127 cm³/mol. The van der Waals surface area contributed by atoms with Gasteiger partial charge in [0, 0.05) is 23.2 Å². The monoisotopic (exact) mass is 449 g/mol. The minimum absolute atomic E-state index is 0.0305. The van der Waals surface area contributed by atoms with Gasteiger partial charge in [0.25, 0.3) is 5.91 Å². The van der Waals surface area contributed by atoms with Crippen molar-refractivity contribution in [3.8, 4) is 11.4 Å². The van der Waals surface area contributed by atoms with Gasteiger partial charge in [-0.3, -0.25) is 4.79 Å². The number of esters is 1. The van der Waals surface area contributed by atoms with Crippen LogP contribution in [0.5, 0.6) is 0 Å². The molecule has 3 rings (SSSR count). The van der Waals surface area contributed by atoms with E-state index in [0.29, 0.717) is 46.1 Å². The molecule has 2 aromatic carbocycles. The Morgan fingerprint density at radius 2 is 1.76 bits per heavy atom. The Balaban J connectivity index is 1.74. The lowest BCUT2D eigenvalue weighted by atomic mass is 9.92. The van der Waals surface area contributed by atoms with E-state index in [1.54, 1.807) is 43.3 Å². The Morgan fingerprint density at radius 1 is 1.03 bits per heavy atom. The number of nitrogens with one attached hydrogen (secondary N) is 1. The van der Waals surface area contributed by atoms with Gasteiger partial charge in [-0.1, -0.05) is 38.1 Å². The third kappa shape index (κ3) is 6.75. The number of amides is 1. The number of anilines is 1. The quantitative estimate of drug-likeness (QED) is 0.492. The van der Waals surface area contributed by atoms with Crippen LogP contribution in [0.2, 0.25) is 0 Å². The van der Waals surface area contributed by atoms with Crippen LogP contribution in [0, 0.1) is 12.3 Å². The zero-order valence-electron chi connectivity index (χ0n) is 20.3. The topological polar surface area (TPSA) is 94.3 Å². The number of hydrogen-bond acceptors (Lipinski definition) is 6. The Labute approximate surface area is 194 Å². The van der Waals surface area contributed by atoms with Gasteiger partial charge in [0.05, 0.1) is 5.56 Å². The first-order chi connectivity index (χ1) is 15.3. The van der Waals surface area contributed by atoms with Crippen molar-refractivity contribution in [3.63, 3.8) is 0 Å². The summed E-state index contributed by atoms with van der Waals surface area (Å²) in [6, 6.07) is 12.2. The van der Waals surface area contributed by atoms with E-state index in [9.17, 15) is 9.59 Å². The smallest absolute Gasteiger partial charge is 0.338 e. The fourth-order valence-electron chi connectivity index (χ4n) is 3.20. The Kier molecular flexibility index (Phi) is 6.72. The number of benzene rings is 2. The predicted octanol–water partition coefficient (Wildman–Crippen LogP) is 5.84.